The summed E-state index contributed by atoms with van der Waals surface area (Å²) in [5.41, 5.74) is 5.03. The number of hydrogen-bond donors (Lipinski definition) is 2. The minimum absolute atomic E-state index is 0.157. The van der Waals surface area contributed by atoms with Crippen LogP contribution < -0.4 is 10.6 Å². The zero-order valence-electron chi connectivity index (χ0n) is 18.4. The van der Waals surface area contributed by atoms with E-state index in [1.807, 2.05) is 54.8 Å². The van der Waals surface area contributed by atoms with Crippen molar-refractivity contribution < 1.29 is 9.59 Å². The summed E-state index contributed by atoms with van der Waals surface area (Å²) in [6.45, 7) is 2.45. The number of aromatic nitrogens is 1. The molecular formula is C27H25N3O2S. The molecule has 1 aromatic heterocycles. The van der Waals surface area contributed by atoms with Crippen molar-refractivity contribution in [3.05, 3.63) is 117 Å². The summed E-state index contributed by atoms with van der Waals surface area (Å²) in [5, 5.41) is 8.68. The Bertz CT molecular complexity index is 1230. The van der Waals surface area contributed by atoms with Gasteiger partial charge in [-0.15, -0.1) is 11.3 Å². The lowest BCUT2D eigenvalue weighted by atomic mass is 10.1. The molecule has 0 aliphatic heterocycles. The molecule has 0 aliphatic carbocycles. The van der Waals surface area contributed by atoms with Crippen LogP contribution in [0.2, 0.25) is 0 Å². The Kier molecular flexibility index (Phi) is 7.27. The number of nitrogens with one attached hydrogen (secondary N) is 2. The molecule has 4 aromatic rings. The molecule has 0 bridgehead atoms. The monoisotopic (exact) mass is 455 g/mol. The molecule has 0 aliphatic rings. The molecule has 0 radical (unpaired) electrons. The maximum Gasteiger partial charge on any atom is 0.253 e. The van der Waals surface area contributed by atoms with Gasteiger partial charge < -0.3 is 10.6 Å². The normalized spacial score (nSPS) is 10.6. The highest BCUT2D eigenvalue weighted by Crippen LogP contribution is 2.18. The van der Waals surface area contributed by atoms with Gasteiger partial charge in [-0.1, -0.05) is 72.3 Å². The lowest BCUT2D eigenvalue weighted by Gasteiger charge is -2.11. The first-order valence-electron chi connectivity index (χ1n) is 10.8. The molecule has 0 saturated heterocycles. The second kappa shape index (κ2) is 10.7. The van der Waals surface area contributed by atoms with Gasteiger partial charge in [0.1, 0.15) is 0 Å². The molecule has 6 heteroatoms. The van der Waals surface area contributed by atoms with E-state index in [-0.39, 0.29) is 18.2 Å². The van der Waals surface area contributed by atoms with Gasteiger partial charge in [-0.25, -0.2) is 4.98 Å². The first-order valence-corrected chi connectivity index (χ1v) is 11.6. The molecule has 0 fully saturated rings. The van der Waals surface area contributed by atoms with Gasteiger partial charge in [0.2, 0.25) is 5.91 Å². The Labute approximate surface area is 197 Å². The number of aryl methyl sites for hydroxylation is 1. The number of amides is 2. The highest BCUT2D eigenvalue weighted by molar-refractivity contribution is 7.09. The Balaban J connectivity index is 1.35. The molecule has 2 N–H and O–H groups in total. The minimum atomic E-state index is -0.231. The van der Waals surface area contributed by atoms with Gasteiger partial charge in [-0.2, -0.15) is 0 Å². The maximum atomic E-state index is 12.7. The minimum Gasteiger partial charge on any atom is -0.348 e. The number of thiazole rings is 1. The molecule has 3 aromatic carbocycles. The molecule has 0 saturated carbocycles. The molecule has 1 heterocycles. The highest BCUT2D eigenvalue weighted by atomic mass is 32.1. The van der Waals surface area contributed by atoms with Crippen molar-refractivity contribution in [2.45, 2.75) is 26.3 Å². The average molecular weight is 456 g/mol. The van der Waals surface area contributed by atoms with Gasteiger partial charge in [0.15, 0.2) is 0 Å². The van der Waals surface area contributed by atoms with Crippen LogP contribution in [0.1, 0.15) is 37.7 Å². The topological polar surface area (TPSA) is 71.1 Å². The summed E-state index contributed by atoms with van der Waals surface area (Å²) < 4.78 is 0. The van der Waals surface area contributed by atoms with Crippen LogP contribution in [-0.4, -0.2) is 16.8 Å². The van der Waals surface area contributed by atoms with Crippen molar-refractivity contribution in [3.8, 4) is 0 Å². The zero-order chi connectivity index (χ0) is 23.0. The van der Waals surface area contributed by atoms with Crippen LogP contribution in [0.5, 0.6) is 0 Å². The van der Waals surface area contributed by atoms with Crippen LogP contribution in [-0.2, 0) is 24.2 Å². The van der Waals surface area contributed by atoms with Gasteiger partial charge in [-0.3, -0.25) is 9.59 Å². The van der Waals surface area contributed by atoms with Crippen LogP contribution >= 0.6 is 11.3 Å². The number of rotatable bonds is 8. The summed E-state index contributed by atoms with van der Waals surface area (Å²) in [4.78, 5) is 30.0. The van der Waals surface area contributed by atoms with Crippen LogP contribution in [0.15, 0.2) is 84.2 Å². The Hall–Kier alpha value is -3.77. The number of benzene rings is 3. The first kappa shape index (κ1) is 22.4. The maximum absolute atomic E-state index is 12.7. The van der Waals surface area contributed by atoms with Crippen molar-refractivity contribution in [3.63, 3.8) is 0 Å². The van der Waals surface area contributed by atoms with E-state index in [9.17, 15) is 9.59 Å². The number of anilines is 1. The Morgan fingerprint density at radius 1 is 0.879 bits per heavy atom. The Morgan fingerprint density at radius 2 is 1.61 bits per heavy atom. The number of hydrogen-bond acceptors (Lipinski definition) is 4. The summed E-state index contributed by atoms with van der Waals surface area (Å²) >= 11 is 1.55. The van der Waals surface area contributed by atoms with E-state index in [0.29, 0.717) is 17.8 Å². The quantitative estimate of drug-likeness (QED) is 0.386. The third kappa shape index (κ3) is 6.37. The summed E-state index contributed by atoms with van der Waals surface area (Å²) in [6, 6.07) is 25.2. The van der Waals surface area contributed by atoms with Crippen LogP contribution in [0.25, 0.3) is 0 Å². The summed E-state index contributed by atoms with van der Waals surface area (Å²) in [6.07, 6.45) is 0.904. The van der Waals surface area contributed by atoms with Crippen molar-refractivity contribution in [2.24, 2.45) is 0 Å². The van der Waals surface area contributed by atoms with Gasteiger partial charge in [-0.05, 0) is 30.2 Å². The molecule has 166 valence electrons. The second-order valence-electron chi connectivity index (χ2n) is 7.83. The molecule has 0 atom stereocenters. The third-order valence-corrected chi connectivity index (χ3v) is 6.06. The van der Waals surface area contributed by atoms with E-state index in [1.165, 1.54) is 11.1 Å². The van der Waals surface area contributed by atoms with Crippen LogP contribution in [0.4, 0.5) is 5.69 Å². The smallest absolute Gasteiger partial charge is 0.253 e. The van der Waals surface area contributed by atoms with E-state index in [2.05, 4.69) is 27.8 Å². The largest absolute Gasteiger partial charge is 0.348 e. The second-order valence-corrected chi connectivity index (χ2v) is 8.78. The predicted molar refractivity (Wildman–Crippen MR) is 132 cm³/mol. The molecule has 5 nitrogen and oxygen atoms in total. The summed E-state index contributed by atoms with van der Waals surface area (Å²) in [7, 11) is 0. The van der Waals surface area contributed by atoms with Crippen molar-refractivity contribution in [1.29, 1.82) is 0 Å². The van der Waals surface area contributed by atoms with E-state index < -0.39 is 0 Å². The van der Waals surface area contributed by atoms with Crippen molar-refractivity contribution >= 4 is 28.8 Å². The van der Waals surface area contributed by atoms with E-state index >= 15 is 0 Å². The standard InChI is InChI=1S/C27H25N3O2S/c1-19-11-13-21(14-12-19)17-28-27(32)23-9-5-6-10-24(23)30-25(31)16-22-18-33-26(29-22)15-20-7-3-2-4-8-20/h2-14,18H,15-17H2,1H3,(H,28,32)(H,30,31). The zero-order valence-corrected chi connectivity index (χ0v) is 19.2. The number of carbonyl (C=O) groups excluding carboxylic acids is 2. The number of para-hydroxylation sites is 1. The first-order chi connectivity index (χ1) is 16.1. The van der Waals surface area contributed by atoms with Gasteiger partial charge in [0.05, 0.1) is 28.4 Å². The lowest BCUT2D eigenvalue weighted by molar-refractivity contribution is -0.115. The van der Waals surface area contributed by atoms with Crippen molar-refractivity contribution in [2.75, 3.05) is 5.32 Å². The average Bonchev–Trinajstić information content (AvgIpc) is 3.26. The van der Waals surface area contributed by atoms with E-state index in [4.69, 9.17) is 0 Å². The van der Waals surface area contributed by atoms with Gasteiger partial charge in [0.25, 0.3) is 5.91 Å². The van der Waals surface area contributed by atoms with Gasteiger partial charge >= 0.3 is 0 Å². The van der Waals surface area contributed by atoms with Gasteiger partial charge in [0, 0.05) is 18.3 Å². The fourth-order valence-corrected chi connectivity index (χ4v) is 4.24. The fourth-order valence-electron chi connectivity index (χ4n) is 3.41. The SMILES string of the molecule is Cc1ccc(CNC(=O)c2ccccc2NC(=O)Cc2csc(Cc3ccccc3)n2)cc1. The van der Waals surface area contributed by atoms with Crippen molar-refractivity contribution in [1.82, 2.24) is 10.3 Å². The predicted octanol–water partition coefficient (Wildman–Crippen LogP) is 5.15. The summed E-state index contributed by atoms with van der Waals surface area (Å²) in [5.74, 6) is -0.435. The van der Waals surface area contributed by atoms with Crippen LogP contribution in [0, 0.1) is 6.92 Å². The molecule has 33 heavy (non-hydrogen) atoms. The lowest BCUT2D eigenvalue weighted by Crippen LogP contribution is -2.25. The third-order valence-electron chi connectivity index (χ3n) is 5.16. The molecule has 2 amide bonds. The molecular weight excluding hydrogens is 430 g/mol. The van der Waals surface area contributed by atoms with E-state index in [1.54, 1.807) is 35.6 Å². The Morgan fingerprint density at radius 3 is 2.39 bits per heavy atom. The molecule has 0 unspecified atom stereocenters. The molecule has 0 spiro atoms. The highest BCUT2D eigenvalue weighted by Gasteiger charge is 2.14. The van der Waals surface area contributed by atoms with E-state index in [0.717, 1.165) is 22.7 Å². The van der Waals surface area contributed by atoms with Crippen LogP contribution in [0.3, 0.4) is 0 Å². The fraction of sp³-hybridized carbons (Fsp3) is 0.148. The molecule has 4 rings (SSSR count). The number of nitrogens with zero attached hydrogens (tertiary/aromatic N) is 1. The number of carbonyl (C=O) groups is 2.